The number of hydrogen-bond donors (Lipinski definition) is 3. The van der Waals surface area contributed by atoms with Gasteiger partial charge in [-0.3, -0.25) is 14.4 Å². The van der Waals surface area contributed by atoms with E-state index in [9.17, 15) is 14.4 Å². The van der Waals surface area contributed by atoms with Crippen molar-refractivity contribution in [1.82, 2.24) is 15.5 Å². The Balaban J connectivity index is 1.78. The molecule has 1 saturated heterocycles. The molecule has 0 aromatic heterocycles. The number of carbonyl (C=O) groups is 3. The molecular formula is C28H40N4O4. The minimum absolute atomic E-state index is 0.0269. The highest BCUT2D eigenvalue weighted by atomic mass is 16.5. The van der Waals surface area contributed by atoms with Crippen molar-refractivity contribution < 1.29 is 19.1 Å². The number of fused-ring (bicyclic) bond motifs is 1. The van der Waals surface area contributed by atoms with E-state index in [0.29, 0.717) is 19.4 Å². The van der Waals surface area contributed by atoms with Gasteiger partial charge >= 0.3 is 0 Å². The second-order valence-corrected chi connectivity index (χ2v) is 9.49. The van der Waals surface area contributed by atoms with Crippen LogP contribution >= 0.6 is 0 Å². The Labute approximate surface area is 213 Å². The maximum absolute atomic E-state index is 13.4. The van der Waals surface area contributed by atoms with E-state index in [0.717, 1.165) is 35.6 Å². The minimum atomic E-state index is -0.792. The number of nitrogens with one attached hydrogen (secondary N) is 2. The Morgan fingerprint density at radius 1 is 1.11 bits per heavy atom. The quantitative estimate of drug-likeness (QED) is 0.418. The standard InChI is InChI=1S/C28H40N4O4/c1-4-20(5-2)28(35)32-14-8-11-25(32)27(34)31-24(26(33)30-18-23(17-29)36-3)16-19-12-13-21-9-6-7-10-22(21)15-19/h6-7,9-10,12-13,15,20,23-25H,4-5,8,11,14,16-18,29H2,1-3H3,(H,30,33)(H,31,34)/t23?,24-,25+/m1/s1. The van der Waals surface area contributed by atoms with E-state index in [4.69, 9.17) is 10.5 Å². The lowest BCUT2D eigenvalue weighted by atomic mass is 10.00. The Bertz CT molecular complexity index is 1040. The van der Waals surface area contributed by atoms with E-state index < -0.39 is 12.1 Å². The van der Waals surface area contributed by atoms with Crippen molar-refractivity contribution in [2.24, 2.45) is 11.7 Å². The van der Waals surface area contributed by atoms with Gasteiger partial charge in [-0.25, -0.2) is 0 Å². The summed E-state index contributed by atoms with van der Waals surface area (Å²) in [6.07, 6.45) is 2.88. The van der Waals surface area contributed by atoms with Gasteiger partial charge < -0.3 is 26.0 Å². The number of likely N-dealkylation sites (tertiary alicyclic amines) is 1. The molecule has 4 N–H and O–H groups in total. The van der Waals surface area contributed by atoms with Crippen LogP contribution in [0.15, 0.2) is 42.5 Å². The lowest BCUT2D eigenvalue weighted by Gasteiger charge is -2.29. The lowest BCUT2D eigenvalue weighted by molar-refractivity contribution is -0.142. The highest BCUT2D eigenvalue weighted by Crippen LogP contribution is 2.23. The fraction of sp³-hybridized carbons (Fsp3) is 0.536. The van der Waals surface area contributed by atoms with Gasteiger partial charge in [0.05, 0.1) is 6.10 Å². The summed E-state index contributed by atoms with van der Waals surface area (Å²) in [5.41, 5.74) is 6.63. The molecule has 1 fully saturated rings. The van der Waals surface area contributed by atoms with Gasteiger partial charge in [-0.15, -0.1) is 0 Å². The van der Waals surface area contributed by atoms with Crippen LogP contribution in [0, 0.1) is 5.92 Å². The zero-order chi connectivity index (χ0) is 26.1. The summed E-state index contributed by atoms with van der Waals surface area (Å²) >= 11 is 0. The normalized spacial score (nSPS) is 17.2. The summed E-state index contributed by atoms with van der Waals surface area (Å²) in [6, 6.07) is 12.7. The van der Waals surface area contributed by atoms with Gasteiger partial charge in [0.2, 0.25) is 17.7 Å². The summed E-state index contributed by atoms with van der Waals surface area (Å²) in [7, 11) is 1.55. The first-order chi connectivity index (χ1) is 17.4. The average molecular weight is 497 g/mol. The SMILES string of the molecule is CCC(CC)C(=O)N1CCC[C@H]1C(=O)N[C@H](Cc1ccc2ccccc2c1)C(=O)NCC(CN)OC. The zero-order valence-corrected chi connectivity index (χ0v) is 21.7. The summed E-state index contributed by atoms with van der Waals surface area (Å²) in [4.78, 5) is 41.4. The van der Waals surface area contributed by atoms with Crippen LogP contribution in [0.3, 0.4) is 0 Å². The first-order valence-corrected chi connectivity index (χ1v) is 13.0. The smallest absolute Gasteiger partial charge is 0.243 e. The number of nitrogens with two attached hydrogens (primary N) is 1. The summed E-state index contributed by atoms with van der Waals surface area (Å²) in [5, 5.41) is 8.01. The number of amides is 3. The number of nitrogens with zero attached hydrogens (tertiary/aromatic N) is 1. The van der Waals surface area contributed by atoms with Gasteiger partial charge in [0, 0.05) is 39.1 Å². The molecule has 8 nitrogen and oxygen atoms in total. The van der Waals surface area contributed by atoms with Crippen molar-refractivity contribution in [2.45, 2.75) is 64.1 Å². The zero-order valence-electron chi connectivity index (χ0n) is 21.7. The van der Waals surface area contributed by atoms with Crippen molar-refractivity contribution >= 4 is 28.5 Å². The van der Waals surface area contributed by atoms with Crippen LogP contribution in [0.25, 0.3) is 10.8 Å². The van der Waals surface area contributed by atoms with Crippen LogP contribution in [0.2, 0.25) is 0 Å². The van der Waals surface area contributed by atoms with Gasteiger partial charge in [0.25, 0.3) is 0 Å². The molecule has 2 aromatic rings. The van der Waals surface area contributed by atoms with Gasteiger partial charge in [-0.05, 0) is 42.0 Å². The lowest BCUT2D eigenvalue weighted by Crippen LogP contribution is -2.55. The van der Waals surface area contributed by atoms with E-state index in [1.165, 1.54) is 0 Å². The van der Waals surface area contributed by atoms with Crippen molar-refractivity contribution in [3.05, 3.63) is 48.0 Å². The maximum atomic E-state index is 13.4. The second-order valence-electron chi connectivity index (χ2n) is 9.49. The molecule has 3 amide bonds. The molecule has 1 aliphatic rings. The van der Waals surface area contributed by atoms with E-state index in [-0.39, 0.29) is 42.8 Å². The Morgan fingerprint density at radius 3 is 2.50 bits per heavy atom. The molecule has 1 heterocycles. The molecule has 0 spiro atoms. The Hall–Kier alpha value is -2.97. The number of hydrogen-bond acceptors (Lipinski definition) is 5. The van der Waals surface area contributed by atoms with Crippen molar-refractivity contribution in [1.29, 1.82) is 0 Å². The third kappa shape index (κ3) is 6.83. The van der Waals surface area contributed by atoms with Crippen molar-refractivity contribution in [3.63, 3.8) is 0 Å². The van der Waals surface area contributed by atoms with Crippen LogP contribution in [0.4, 0.5) is 0 Å². The topological polar surface area (TPSA) is 114 Å². The molecule has 196 valence electrons. The van der Waals surface area contributed by atoms with Crippen molar-refractivity contribution in [3.8, 4) is 0 Å². The first-order valence-electron chi connectivity index (χ1n) is 13.0. The third-order valence-electron chi connectivity index (χ3n) is 7.16. The van der Waals surface area contributed by atoms with E-state index in [1.54, 1.807) is 12.0 Å². The van der Waals surface area contributed by atoms with E-state index in [1.807, 2.05) is 56.3 Å². The predicted octanol–water partition coefficient (Wildman–Crippen LogP) is 2.38. The predicted molar refractivity (Wildman–Crippen MR) is 141 cm³/mol. The van der Waals surface area contributed by atoms with Crippen LogP contribution in [0.5, 0.6) is 0 Å². The number of carbonyl (C=O) groups excluding carboxylic acids is 3. The monoisotopic (exact) mass is 496 g/mol. The summed E-state index contributed by atoms with van der Waals surface area (Å²) in [5.74, 6) is -0.644. The molecule has 8 heteroatoms. The number of ether oxygens (including phenoxy) is 1. The molecule has 0 aliphatic carbocycles. The molecule has 0 saturated carbocycles. The highest BCUT2D eigenvalue weighted by Gasteiger charge is 2.37. The summed E-state index contributed by atoms with van der Waals surface area (Å²) in [6.45, 7) is 5.08. The van der Waals surface area contributed by atoms with Crippen LogP contribution in [0.1, 0.15) is 45.1 Å². The molecule has 2 aromatic carbocycles. The van der Waals surface area contributed by atoms with Gasteiger partial charge in [0.1, 0.15) is 12.1 Å². The molecule has 3 atom stereocenters. The largest absolute Gasteiger partial charge is 0.378 e. The van der Waals surface area contributed by atoms with Gasteiger partial charge in [-0.2, -0.15) is 0 Å². The fourth-order valence-corrected chi connectivity index (χ4v) is 4.85. The number of methoxy groups -OCH3 is 1. The molecule has 1 aliphatic heterocycles. The highest BCUT2D eigenvalue weighted by molar-refractivity contribution is 5.93. The first kappa shape index (κ1) is 27.6. The Kier molecular flexibility index (Phi) is 10.3. The maximum Gasteiger partial charge on any atom is 0.243 e. The molecule has 3 rings (SSSR count). The van der Waals surface area contributed by atoms with Crippen LogP contribution in [-0.2, 0) is 25.5 Å². The number of rotatable bonds is 12. The molecule has 1 unspecified atom stereocenters. The fourth-order valence-electron chi connectivity index (χ4n) is 4.85. The van der Waals surface area contributed by atoms with Crippen LogP contribution < -0.4 is 16.4 Å². The molecule has 0 radical (unpaired) electrons. The van der Waals surface area contributed by atoms with Crippen LogP contribution in [-0.4, -0.2) is 67.6 Å². The van der Waals surface area contributed by atoms with Crippen molar-refractivity contribution in [2.75, 3.05) is 26.7 Å². The third-order valence-corrected chi connectivity index (χ3v) is 7.16. The minimum Gasteiger partial charge on any atom is -0.378 e. The average Bonchev–Trinajstić information content (AvgIpc) is 3.39. The molecule has 36 heavy (non-hydrogen) atoms. The molecular weight excluding hydrogens is 456 g/mol. The summed E-state index contributed by atoms with van der Waals surface area (Å²) < 4.78 is 5.27. The second kappa shape index (κ2) is 13.4. The van der Waals surface area contributed by atoms with E-state index >= 15 is 0 Å². The number of benzene rings is 2. The van der Waals surface area contributed by atoms with E-state index in [2.05, 4.69) is 10.6 Å². The molecule has 0 bridgehead atoms. The van der Waals surface area contributed by atoms with Gasteiger partial charge in [-0.1, -0.05) is 56.3 Å². The van der Waals surface area contributed by atoms with Gasteiger partial charge in [0.15, 0.2) is 0 Å². The Morgan fingerprint density at radius 2 is 1.83 bits per heavy atom.